The maximum atomic E-state index is 13.4. The van der Waals surface area contributed by atoms with Crippen molar-refractivity contribution in [2.24, 2.45) is 0 Å². The molecule has 2 rings (SSSR count). The van der Waals surface area contributed by atoms with Crippen LogP contribution >= 0.6 is 0 Å². The predicted octanol–water partition coefficient (Wildman–Crippen LogP) is 4.81. The number of halogens is 10. The molecule has 2 nitrogen and oxygen atoms in total. The molecule has 0 saturated heterocycles. The van der Waals surface area contributed by atoms with Crippen LogP contribution in [0.1, 0.15) is 11.1 Å². The second-order valence-corrected chi connectivity index (χ2v) is 5.44. The minimum atomic E-state index is -2.32. The SMILES string of the molecule is Fc1c(F)c(F)c(COCC#CCOCc2c(F)c(F)c(F)c(F)c2F)c(F)c1F. The van der Waals surface area contributed by atoms with Gasteiger partial charge in [-0.05, 0) is 0 Å². The van der Waals surface area contributed by atoms with E-state index in [4.69, 9.17) is 0 Å². The smallest absolute Gasteiger partial charge is 0.200 e. The molecule has 12 heteroatoms. The van der Waals surface area contributed by atoms with Crippen molar-refractivity contribution in [2.45, 2.75) is 13.2 Å². The van der Waals surface area contributed by atoms with Crippen molar-refractivity contribution < 1.29 is 53.4 Å². The summed E-state index contributed by atoms with van der Waals surface area (Å²) >= 11 is 0. The molecule has 162 valence electrons. The van der Waals surface area contributed by atoms with E-state index in [2.05, 4.69) is 21.3 Å². The molecule has 0 aliphatic carbocycles. The van der Waals surface area contributed by atoms with Crippen molar-refractivity contribution >= 4 is 0 Å². The van der Waals surface area contributed by atoms with Gasteiger partial charge in [0.25, 0.3) is 0 Å². The molecule has 0 unspecified atom stereocenters. The van der Waals surface area contributed by atoms with Crippen LogP contribution in [0, 0.1) is 70.0 Å². The van der Waals surface area contributed by atoms with Gasteiger partial charge in [0, 0.05) is 0 Å². The minimum absolute atomic E-state index is 0.564. The standard InChI is InChI=1S/C18H8F10O2/c19-9-7(10(20)14(24)17(27)13(9)23)5-29-3-1-2-4-30-6-8-11(21)15(25)18(28)16(26)12(8)22/h3-6H2. The lowest BCUT2D eigenvalue weighted by Gasteiger charge is -2.08. The normalized spacial score (nSPS) is 10.9. The molecule has 0 N–H and O–H groups in total. The van der Waals surface area contributed by atoms with Crippen LogP contribution in [-0.2, 0) is 22.7 Å². The summed E-state index contributed by atoms with van der Waals surface area (Å²) in [4.78, 5) is 0. The highest BCUT2D eigenvalue weighted by molar-refractivity contribution is 5.24. The van der Waals surface area contributed by atoms with Crippen LogP contribution in [0.3, 0.4) is 0 Å². The van der Waals surface area contributed by atoms with Gasteiger partial charge < -0.3 is 9.47 Å². The average Bonchev–Trinajstić information content (AvgIpc) is 2.73. The second kappa shape index (κ2) is 9.82. The van der Waals surface area contributed by atoms with Gasteiger partial charge in [0.2, 0.25) is 11.6 Å². The Morgan fingerprint density at radius 1 is 0.400 bits per heavy atom. The number of benzene rings is 2. The fourth-order valence-electron chi connectivity index (χ4n) is 2.06. The van der Waals surface area contributed by atoms with E-state index in [1.807, 2.05) is 0 Å². The Hall–Kier alpha value is -2.78. The number of hydrogen-bond acceptors (Lipinski definition) is 2. The molecule has 0 radical (unpaired) electrons. The zero-order chi connectivity index (χ0) is 22.6. The molecule has 0 saturated carbocycles. The van der Waals surface area contributed by atoms with E-state index in [0.29, 0.717) is 0 Å². The largest absolute Gasteiger partial charge is 0.364 e. The van der Waals surface area contributed by atoms with E-state index in [0.717, 1.165) is 0 Å². The van der Waals surface area contributed by atoms with Crippen molar-refractivity contribution in [1.82, 2.24) is 0 Å². The molecule has 0 atom stereocenters. The van der Waals surface area contributed by atoms with E-state index >= 15 is 0 Å². The van der Waals surface area contributed by atoms with Gasteiger partial charge in [-0.1, -0.05) is 11.8 Å². The number of ether oxygens (including phenoxy) is 2. The highest BCUT2D eigenvalue weighted by Crippen LogP contribution is 2.24. The molecule has 0 heterocycles. The zero-order valence-electron chi connectivity index (χ0n) is 14.4. The Labute approximate surface area is 162 Å². The predicted molar refractivity (Wildman–Crippen MR) is 79.6 cm³/mol. The molecule has 2 aromatic rings. The molecule has 0 spiro atoms. The summed E-state index contributed by atoms with van der Waals surface area (Å²) in [6.45, 7) is -3.14. The Morgan fingerprint density at radius 2 is 0.633 bits per heavy atom. The highest BCUT2D eigenvalue weighted by atomic mass is 19.2. The quantitative estimate of drug-likeness (QED) is 0.209. The molecule has 0 fully saturated rings. The van der Waals surface area contributed by atoms with Gasteiger partial charge in [0.1, 0.15) is 13.2 Å². The lowest BCUT2D eigenvalue weighted by atomic mass is 10.2. The summed E-state index contributed by atoms with van der Waals surface area (Å²) in [6, 6.07) is 0. The molecule has 2 aromatic carbocycles. The molecule has 0 aliphatic heterocycles. The van der Waals surface area contributed by atoms with Gasteiger partial charge in [0.05, 0.1) is 24.3 Å². The first-order valence-corrected chi connectivity index (χ1v) is 7.71. The first kappa shape index (κ1) is 23.5. The highest BCUT2D eigenvalue weighted by Gasteiger charge is 2.26. The van der Waals surface area contributed by atoms with Crippen LogP contribution in [0.2, 0.25) is 0 Å². The fourth-order valence-corrected chi connectivity index (χ4v) is 2.06. The molecule has 0 aliphatic rings. The van der Waals surface area contributed by atoms with Crippen molar-refractivity contribution in [2.75, 3.05) is 13.2 Å². The molecular weight excluding hydrogens is 438 g/mol. The van der Waals surface area contributed by atoms with Gasteiger partial charge in [-0.25, -0.2) is 43.9 Å². The van der Waals surface area contributed by atoms with Crippen LogP contribution in [0.5, 0.6) is 0 Å². The first-order chi connectivity index (χ1) is 14.1. The van der Waals surface area contributed by atoms with Gasteiger partial charge in [-0.3, -0.25) is 0 Å². The Bertz CT molecular complexity index is 889. The first-order valence-electron chi connectivity index (χ1n) is 7.71. The maximum absolute atomic E-state index is 13.4. The molecule has 0 amide bonds. The zero-order valence-corrected chi connectivity index (χ0v) is 14.4. The summed E-state index contributed by atoms with van der Waals surface area (Å²) in [6.07, 6.45) is 0. The van der Waals surface area contributed by atoms with Gasteiger partial charge in [0.15, 0.2) is 46.5 Å². The van der Waals surface area contributed by atoms with Crippen LogP contribution in [-0.4, -0.2) is 13.2 Å². The lowest BCUT2D eigenvalue weighted by molar-refractivity contribution is 0.139. The summed E-state index contributed by atoms with van der Waals surface area (Å²) in [5, 5.41) is 0. The Balaban J connectivity index is 1.88. The summed E-state index contributed by atoms with van der Waals surface area (Å²) < 4.78 is 141. The van der Waals surface area contributed by atoms with E-state index in [1.54, 1.807) is 0 Å². The van der Waals surface area contributed by atoms with Gasteiger partial charge in [-0.15, -0.1) is 0 Å². The fraction of sp³-hybridized carbons (Fsp3) is 0.222. The monoisotopic (exact) mass is 446 g/mol. The molecule has 30 heavy (non-hydrogen) atoms. The van der Waals surface area contributed by atoms with E-state index in [9.17, 15) is 43.9 Å². The Morgan fingerprint density at radius 3 is 0.900 bits per heavy atom. The topological polar surface area (TPSA) is 18.5 Å². The van der Waals surface area contributed by atoms with Crippen molar-refractivity contribution in [1.29, 1.82) is 0 Å². The van der Waals surface area contributed by atoms with E-state index in [-0.39, 0.29) is 0 Å². The molecular formula is C18H8F10O2. The Kier molecular flexibility index (Phi) is 7.69. The third-order valence-corrected chi connectivity index (χ3v) is 3.57. The number of rotatable bonds is 6. The van der Waals surface area contributed by atoms with Crippen LogP contribution in [0.15, 0.2) is 0 Å². The average molecular weight is 446 g/mol. The molecule has 0 aromatic heterocycles. The van der Waals surface area contributed by atoms with Crippen molar-refractivity contribution in [3.05, 3.63) is 69.3 Å². The summed E-state index contributed by atoms with van der Waals surface area (Å²) in [5.74, 6) is -17.1. The summed E-state index contributed by atoms with van der Waals surface area (Å²) in [5.41, 5.74) is -2.42. The van der Waals surface area contributed by atoms with Crippen LogP contribution in [0.4, 0.5) is 43.9 Å². The van der Waals surface area contributed by atoms with Crippen molar-refractivity contribution in [3.8, 4) is 11.8 Å². The third kappa shape index (κ3) is 4.68. The third-order valence-electron chi connectivity index (χ3n) is 3.57. The second-order valence-electron chi connectivity index (χ2n) is 5.44. The van der Waals surface area contributed by atoms with Gasteiger partial charge >= 0.3 is 0 Å². The number of hydrogen-bond donors (Lipinski definition) is 0. The van der Waals surface area contributed by atoms with Gasteiger partial charge in [-0.2, -0.15) is 0 Å². The van der Waals surface area contributed by atoms with Crippen LogP contribution in [0.25, 0.3) is 0 Å². The summed E-state index contributed by atoms with van der Waals surface area (Å²) in [7, 11) is 0. The maximum Gasteiger partial charge on any atom is 0.200 e. The van der Waals surface area contributed by atoms with Crippen LogP contribution < -0.4 is 0 Å². The minimum Gasteiger partial charge on any atom is -0.364 e. The van der Waals surface area contributed by atoms with Crippen molar-refractivity contribution in [3.63, 3.8) is 0 Å². The molecule has 0 bridgehead atoms. The van der Waals surface area contributed by atoms with E-state index in [1.165, 1.54) is 0 Å². The van der Waals surface area contributed by atoms with E-state index < -0.39 is 95.7 Å². The lowest BCUT2D eigenvalue weighted by Crippen LogP contribution is -2.09.